The second kappa shape index (κ2) is 6.04. The second-order valence-corrected chi connectivity index (χ2v) is 7.78. The van der Waals surface area contributed by atoms with Crippen LogP contribution in [0.3, 0.4) is 0 Å². The lowest BCUT2D eigenvalue weighted by molar-refractivity contribution is -0.0319. The number of rotatable bonds is 4. The Balaban J connectivity index is 2.25. The lowest BCUT2D eigenvalue weighted by Gasteiger charge is -2.38. The van der Waals surface area contributed by atoms with E-state index in [9.17, 15) is 13.5 Å². The van der Waals surface area contributed by atoms with E-state index in [4.69, 9.17) is 4.74 Å². The Kier molecular flexibility index (Phi) is 4.72. The summed E-state index contributed by atoms with van der Waals surface area (Å²) in [6.45, 7) is 4.47. The monoisotopic (exact) mass is 313 g/mol. The van der Waals surface area contributed by atoms with Gasteiger partial charge in [0.2, 0.25) is 10.0 Å². The normalized spacial score (nSPS) is 25.7. The molecule has 5 nitrogen and oxygen atoms in total. The van der Waals surface area contributed by atoms with E-state index in [1.165, 1.54) is 4.31 Å². The van der Waals surface area contributed by atoms with Crippen LogP contribution in [0.2, 0.25) is 0 Å². The van der Waals surface area contributed by atoms with Gasteiger partial charge in [0.15, 0.2) is 0 Å². The molecule has 2 unspecified atom stereocenters. The maximum absolute atomic E-state index is 12.7. The van der Waals surface area contributed by atoms with Crippen LogP contribution in [0, 0.1) is 0 Å². The van der Waals surface area contributed by atoms with Crippen LogP contribution in [0.1, 0.15) is 38.4 Å². The van der Waals surface area contributed by atoms with Crippen LogP contribution in [0.25, 0.3) is 0 Å². The summed E-state index contributed by atoms with van der Waals surface area (Å²) in [4.78, 5) is 0.257. The topological polar surface area (TPSA) is 66.8 Å². The van der Waals surface area contributed by atoms with Crippen LogP contribution in [0.5, 0.6) is 0 Å². The number of aliphatic hydroxyl groups is 1. The Morgan fingerprint density at radius 1 is 1.33 bits per heavy atom. The number of nitrogens with zero attached hydrogens (tertiary/aromatic N) is 1. The van der Waals surface area contributed by atoms with Crippen molar-refractivity contribution in [2.75, 3.05) is 20.2 Å². The Morgan fingerprint density at radius 3 is 2.48 bits per heavy atom. The van der Waals surface area contributed by atoms with Gasteiger partial charge >= 0.3 is 0 Å². The number of aliphatic hydroxyl groups excluding tert-OH is 1. The summed E-state index contributed by atoms with van der Waals surface area (Å²) in [5.74, 6) is 0. The number of piperidine rings is 1. The summed E-state index contributed by atoms with van der Waals surface area (Å²) in [5.41, 5.74) is 0.277. The highest BCUT2D eigenvalue weighted by Gasteiger charge is 2.36. The molecule has 0 aromatic heterocycles. The van der Waals surface area contributed by atoms with E-state index in [-0.39, 0.29) is 4.90 Å². The SMILES string of the molecule is COC1(C)CCCN(S(=O)(=O)c2ccc(C(C)O)cc2)C1. The van der Waals surface area contributed by atoms with Crippen molar-refractivity contribution in [3.8, 4) is 0 Å². The Hall–Kier alpha value is -0.950. The average Bonchev–Trinajstić information content (AvgIpc) is 2.47. The maximum atomic E-state index is 12.7. The van der Waals surface area contributed by atoms with Gasteiger partial charge in [0.25, 0.3) is 0 Å². The summed E-state index contributed by atoms with van der Waals surface area (Å²) >= 11 is 0. The Bertz CT molecular complexity index is 582. The molecule has 1 aromatic rings. The zero-order valence-corrected chi connectivity index (χ0v) is 13.6. The molecule has 1 fully saturated rings. The third-order valence-corrected chi connectivity index (χ3v) is 5.98. The molecule has 2 rings (SSSR count). The number of methoxy groups -OCH3 is 1. The van der Waals surface area contributed by atoms with Crippen LogP contribution in [-0.4, -0.2) is 43.6 Å². The maximum Gasteiger partial charge on any atom is 0.243 e. The van der Waals surface area contributed by atoms with Gasteiger partial charge in [-0.15, -0.1) is 0 Å². The standard InChI is InChI=1S/C15H23NO4S/c1-12(17)13-5-7-14(8-6-13)21(18,19)16-10-4-9-15(2,11-16)20-3/h5-8,12,17H,4,9-11H2,1-3H3. The summed E-state index contributed by atoms with van der Waals surface area (Å²) in [6, 6.07) is 6.40. The lowest BCUT2D eigenvalue weighted by atomic mass is 9.96. The van der Waals surface area contributed by atoms with E-state index < -0.39 is 21.7 Å². The second-order valence-electron chi connectivity index (χ2n) is 5.84. The third-order valence-electron chi connectivity index (χ3n) is 4.12. The number of hydrogen-bond acceptors (Lipinski definition) is 4. The molecule has 2 atom stereocenters. The van der Waals surface area contributed by atoms with Gasteiger partial charge in [-0.2, -0.15) is 4.31 Å². The minimum Gasteiger partial charge on any atom is -0.389 e. The van der Waals surface area contributed by atoms with Crippen molar-refractivity contribution in [2.45, 2.75) is 43.3 Å². The van der Waals surface area contributed by atoms with E-state index in [1.54, 1.807) is 38.3 Å². The molecule has 1 aliphatic heterocycles. The number of ether oxygens (including phenoxy) is 1. The molecule has 1 heterocycles. The molecular weight excluding hydrogens is 290 g/mol. The molecule has 6 heteroatoms. The van der Waals surface area contributed by atoms with E-state index in [2.05, 4.69) is 0 Å². The first-order chi connectivity index (χ1) is 9.78. The number of hydrogen-bond donors (Lipinski definition) is 1. The largest absolute Gasteiger partial charge is 0.389 e. The van der Waals surface area contributed by atoms with Gasteiger partial charge in [-0.05, 0) is 44.4 Å². The van der Waals surface area contributed by atoms with Gasteiger partial charge < -0.3 is 9.84 Å². The van der Waals surface area contributed by atoms with E-state index >= 15 is 0 Å². The summed E-state index contributed by atoms with van der Waals surface area (Å²) < 4.78 is 32.3. The van der Waals surface area contributed by atoms with Crippen molar-refractivity contribution in [3.63, 3.8) is 0 Å². The third kappa shape index (κ3) is 3.45. The molecule has 118 valence electrons. The van der Waals surface area contributed by atoms with E-state index in [1.807, 2.05) is 6.92 Å². The highest BCUT2D eigenvalue weighted by molar-refractivity contribution is 7.89. The Morgan fingerprint density at radius 2 is 1.95 bits per heavy atom. The average molecular weight is 313 g/mol. The molecule has 21 heavy (non-hydrogen) atoms. The predicted octanol–water partition coefficient (Wildman–Crippen LogP) is 1.93. The molecule has 1 aromatic carbocycles. The van der Waals surface area contributed by atoms with Crippen LogP contribution in [-0.2, 0) is 14.8 Å². The molecule has 1 aliphatic rings. The zero-order valence-electron chi connectivity index (χ0n) is 12.7. The summed E-state index contributed by atoms with van der Waals surface area (Å²) in [5, 5.41) is 9.49. The number of benzene rings is 1. The van der Waals surface area contributed by atoms with Gasteiger partial charge in [0, 0.05) is 20.2 Å². The van der Waals surface area contributed by atoms with Crippen LogP contribution < -0.4 is 0 Å². The molecule has 0 amide bonds. The van der Waals surface area contributed by atoms with E-state index in [0.29, 0.717) is 18.7 Å². The molecule has 0 radical (unpaired) electrons. The summed E-state index contributed by atoms with van der Waals surface area (Å²) in [6.07, 6.45) is 1.04. The molecular formula is C15H23NO4S. The lowest BCUT2D eigenvalue weighted by Crippen LogP contribution is -2.49. The predicted molar refractivity (Wildman–Crippen MR) is 80.5 cm³/mol. The molecule has 0 saturated carbocycles. The van der Waals surface area contributed by atoms with E-state index in [0.717, 1.165) is 12.8 Å². The fourth-order valence-electron chi connectivity index (χ4n) is 2.60. The minimum atomic E-state index is -3.51. The Labute approximate surface area is 126 Å². The van der Waals surface area contributed by atoms with Crippen molar-refractivity contribution in [2.24, 2.45) is 0 Å². The van der Waals surface area contributed by atoms with Gasteiger partial charge in [0.1, 0.15) is 0 Å². The number of sulfonamides is 1. The molecule has 0 aliphatic carbocycles. The first-order valence-electron chi connectivity index (χ1n) is 7.12. The minimum absolute atomic E-state index is 0.257. The first kappa shape index (κ1) is 16.4. The van der Waals surface area contributed by atoms with Crippen molar-refractivity contribution < 1.29 is 18.3 Å². The van der Waals surface area contributed by atoms with Crippen molar-refractivity contribution >= 4 is 10.0 Å². The highest BCUT2D eigenvalue weighted by Crippen LogP contribution is 2.28. The molecule has 0 spiro atoms. The van der Waals surface area contributed by atoms with Crippen molar-refractivity contribution in [1.29, 1.82) is 0 Å². The van der Waals surface area contributed by atoms with Gasteiger partial charge in [0.05, 0.1) is 16.6 Å². The van der Waals surface area contributed by atoms with Gasteiger partial charge in [-0.3, -0.25) is 0 Å². The highest BCUT2D eigenvalue weighted by atomic mass is 32.2. The van der Waals surface area contributed by atoms with Gasteiger partial charge in [-0.25, -0.2) is 8.42 Å². The van der Waals surface area contributed by atoms with Crippen molar-refractivity contribution in [1.82, 2.24) is 4.31 Å². The molecule has 1 saturated heterocycles. The van der Waals surface area contributed by atoms with Crippen LogP contribution in [0.4, 0.5) is 0 Å². The van der Waals surface area contributed by atoms with Crippen LogP contribution >= 0.6 is 0 Å². The smallest absolute Gasteiger partial charge is 0.243 e. The van der Waals surface area contributed by atoms with Crippen molar-refractivity contribution in [3.05, 3.63) is 29.8 Å². The first-order valence-corrected chi connectivity index (χ1v) is 8.56. The molecule has 1 N–H and O–H groups in total. The molecule has 0 bridgehead atoms. The van der Waals surface area contributed by atoms with Crippen LogP contribution in [0.15, 0.2) is 29.2 Å². The van der Waals surface area contributed by atoms with Gasteiger partial charge in [-0.1, -0.05) is 12.1 Å². The summed E-state index contributed by atoms with van der Waals surface area (Å²) in [7, 11) is -1.90. The zero-order chi connectivity index (χ0) is 15.7. The fraction of sp³-hybridized carbons (Fsp3) is 0.600. The fourth-order valence-corrected chi connectivity index (χ4v) is 4.19. The quantitative estimate of drug-likeness (QED) is 0.922.